The number of carbonyl (C=O) groups is 2. The zero-order chi connectivity index (χ0) is 29.2. The number of aromatic nitrogens is 2. The third-order valence-corrected chi connectivity index (χ3v) is 7.84. The number of nitrogens with one attached hydrogen (secondary N) is 4. The molecule has 0 saturated heterocycles. The van der Waals surface area contributed by atoms with Crippen LogP contribution in [0.2, 0.25) is 0 Å². The number of carbonyl (C=O) groups excluding carboxylic acids is 2. The molecule has 0 bridgehead atoms. The number of aromatic amines is 1. The van der Waals surface area contributed by atoms with Gasteiger partial charge in [-0.3, -0.25) is 9.59 Å². The Morgan fingerprint density at radius 3 is 2.41 bits per heavy atom. The van der Waals surface area contributed by atoms with Crippen molar-refractivity contribution in [3.8, 4) is 0 Å². The van der Waals surface area contributed by atoms with Crippen LogP contribution in [0.5, 0.6) is 0 Å². The number of amides is 2. The first-order chi connectivity index (χ1) is 19.5. The molecule has 0 radical (unpaired) electrons. The molecule has 3 atom stereocenters. The number of hydrogen-bond acceptors (Lipinski definition) is 4. The second-order valence-electron chi connectivity index (χ2n) is 11.1. The Balaban J connectivity index is 1.28. The predicted molar refractivity (Wildman–Crippen MR) is 153 cm³/mol. The summed E-state index contributed by atoms with van der Waals surface area (Å²) in [5.41, 5.74) is 0.498. The Hall–Kier alpha value is -4.08. The van der Waals surface area contributed by atoms with E-state index in [1.165, 1.54) is 6.92 Å². The molecule has 2 aromatic heterocycles. The van der Waals surface area contributed by atoms with Gasteiger partial charge in [0.15, 0.2) is 0 Å². The van der Waals surface area contributed by atoms with E-state index in [0.29, 0.717) is 30.3 Å². The van der Waals surface area contributed by atoms with Gasteiger partial charge in [0.1, 0.15) is 11.2 Å². The van der Waals surface area contributed by atoms with Gasteiger partial charge in [-0.25, -0.2) is 4.98 Å². The number of fused-ring (bicyclic) bond motifs is 2. The van der Waals surface area contributed by atoms with Gasteiger partial charge in [0, 0.05) is 53.6 Å². The first kappa shape index (κ1) is 28.4. The number of halogens is 3. The first-order valence-electron chi connectivity index (χ1n) is 13.9. The van der Waals surface area contributed by atoms with Crippen LogP contribution in [0.25, 0.3) is 21.8 Å². The van der Waals surface area contributed by atoms with Gasteiger partial charge in [-0.15, -0.1) is 0 Å². The SMILES string of the molecule is CC(=O)NC(C)(Cc1c[nH]c2ccccc12)C(=O)N[C@@H]1CCC[C@H](Nc2cc(C(F)(F)F)nc3ccccc23)CC1. The highest BCUT2D eigenvalue weighted by atomic mass is 19.4. The molecule has 7 nitrogen and oxygen atoms in total. The van der Waals surface area contributed by atoms with Crippen molar-refractivity contribution < 1.29 is 22.8 Å². The van der Waals surface area contributed by atoms with Crippen LogP contribution in [0.3, 0.4) is 0 Å². The molecule has 2 amide bonds. The van der Waals surface area contributed by atoms with Crippen molar-refractivity contribution in [1.82, 2.24) is 20.6 Å². The number of pyridine rings is 1. The van der Waals surface area contributed by atoms with Crippen LogP contribution in [0.4, 0.5) is 18.9 Å². The van der Waals surface area contributed by atoms with Crippen LogP contribution in [0.1, 0.15) is 57.2 Å². The van der Waals surface area contributed by atoms with E-state index < -0.39 is 17.4 Å². The van der Waals surface area contributed by atoms with Gasteiger partial charge in [0.05, 0.1) is 5.52 Å². The largest absolute Gasteiger partial charge is 0.433 e. The molecule has 41 heavy (non-hydrogen) atoms. The lowest BCUT2D eigenvalue weighted by Crippen LogP contribution is -2.59. The Bertz CT molecular complexity index is 1570. The third-order valence-electron chi connectivity index (χ3n) is 7.84. The molecule has 1 aliphatic rings. The fraction of sp³-hybridized carbons (Fsp3) is 0.387. The minimum atomic E-state index is -4.55. The number of H-pyrrole nitrogens is 1. The lowest BCUT2D eigenvalue weighted by molar-refractivity contribution is -0.140. The number of alkyl halides is 3. The Labute approximate surface area is 236 Å². The number of anilines is 1. The quantitative estimate of drug-likeness (QED) is 0.204. The number of rotatable bonds is 7. The second-order valence-corrected chi connectivity index (χ2v) is 11.1. The van der Waals surface area contributed by atoms with Gasteiger partial charge in [0.2, 0.25) is 11.8 Å². The maximum absolute atomic E-state index is 13.6. The van der Waals surface area contributed by atoms with Gasteiger partial charge in [-0.1, -0.05) is 36.4 Å². The zero-order valence-electron chi connectivity index (χ0n) is 23.1. The molecule has 2 heterocycles. The Kier molecular flexibility index (Phi) is 7.93. The van der Waals surface area contributed by atoms with Crippen LogP contribution < -0.4 is 16.0 Å². The summed E-state index contributed by atoms with van der Waals surface area (Å²) < 4.78 is 40.6. The monoisotopic (exact) mass is 565 g/mol. The highest BCUT2D eigenvalue weighted by Gasteiger charge is 2.37. The summed E-state index contributed by atoms with van der Waals surface area (Å²) in [6.07, 6.45) is 1.23. The predicted octanol–water partition coefficient (Wildman–Crippen LogP) is 6.10. The molecule has 0 aliphatic heterocycles. The molecule has 1 saturated carbocycles. The number of para-hydroxylation sites is 2. The van der Waals surface area contributed by atoms with Crippen molar-refractivity contribution in [2.45, 2.75) is 76.2 Å². The summed E-state index contributed by atoms with van der Waals surface area (Å²) in [4.78, 5) is 32.8. The van der Waals surface area contributed by atoms with Gasteiger partial charge in [0.25, 0.3) is 0 Å². The van der Waals surface area contributed by atoms with Crippen molar-refractivity contribution in [1.29, 1.82) is 0 Å². The molecule has 10 heteroatoms. The summed E-state index contributed by atoms with van der Waals surface area (Å²) in [6, 6.07) is 15.5. The van der Waals surface area contributed by atoms with Crippen molar-refractivity contribution in [2.75, 3.05) is 5.32 Å². The fourth-order valence-electron chi connectivity index (χ4n) is 5.82. The van der Waals surface area contributed by atoms with Gasteiger partial charge < -0.3 is 20.9 Å². The summed E-state index contributed by atoms with van der Waals surface area (Å²) in [5, 5.41) is 11.0. The van der Waals surface area contributed by atoms with Crippen LogP contribution in [0.15, 0.2) is 60.8 Å². The normalized spacial score (nSPS) is 19.3. The topological polar surface area (TPSA) is 98.9 Å². The number of benzene rings is 2. The van der Waals surface area contributed by atoms with E-state index in [4.69, 9.17) is 0 Å². The molecule has 1 aliphatic carbocycles. The molecular weight excluding hydrogens is 531 g/mol. The van der Waals surface area contributed by atoms with Crippen LogP contribution in [0, 0.1) is 0 Å². The lowest BCUT2D eigenvalue weighted by Gasteiger charge is -2.31. The summed E-state index contributed by atoms with van der Waals surface area (Å²) in [7, 11) is 0. The number of nitrogens with zero attached hydrogens (tertiary/aromatic N) is 1. The molecule has 5 rings (SSSR count). The maximum Gasteiger partial charge on any atom is 0.433 e. The van der Waals surface area contributed by atoms with Crippen molar-refractivity contribution in [2.24, 2.45) is 0 Å². The lowest BCUT2D eigenvalue weighted by atomic mass is 9.90. The first-order valence-corrected chi connectivity index (χ1v) is 13.9. The summed E-state index contributed by atoms with van der Waals surface area (Å²) in [6.45, 7) is 3.13. The average molecular weight is 566 g/mol. The molecule has 2 aromatic carbocycles. The van der Waals surface area contributed by atoms with Gasteiger partial charge in [-0.05, 0) is 62.8 Å². The molecular formula is C31H34F3N5O2. The van der Waals surface area contributed by atoms with E-state index in [9.17, 15) is 22.8 Å². The van der Waals surface area contributed by atoms with Crippen LogP contribution in [-0.4, -0.2) is 39.4 Å². The van der Waals surface area contributed by atoms with E-state index in [2.05, 4.69) is 25.9 Å². The summed E-state index contributed by atoms with van der Waals surface area (Å²) >= 11 is 0. The van der Waals surface area contributed by atoms with E-state index in [1.807, 2.05) is 30.5 Å². The van der Waals surface area contributed by atoms with E-state index >= 15 is 0 Å². The van der Waals surface area contributed by atoms with Crippen LogP contribution >= 0.6 is 0 Å². The standard InChI is InChI=1S/C31H34F3N5O2/c1-19(40)39-30(2,17-20-18-35-25-12-5-3-10-23(20)25)29(41)37-22-9-7-8-21(14-15-22)36-27-16-28(31(32,33)34)38-26-13-6-4-11-24(26)27/h3-6,10-13,16,18,21-22,35H,7-9,14-15,17H2,1-2H3,(H,36,38)(H,37,41)(H,39,40)/t21-,22+,30?/m0/s1. The molecule has 1 fully saturated rings. The highest BCUT2D eigenvalue weighted by molar-refractivity contribution is 5.93. The Morgan fingerprint density at radius 1 is 0.976 bits per heavy atom. The van der Waals surface area contributed by atoms with Crippen molar-refractivity contribution >= 4 is 39.3 Å². The molecule has 216 valence electrons. The minimum Gasteiger partial charge on any atom is -0.382 e. The van der Waals surface area contributed by atoms with Crippen molar-refractivity contribution in [3.05, 3.63) is 72.1 Å². The van der Waals surface area contributed by atoms with Gasteiger partial charge in [-0.2, -0.15) is 13.2 Å². The summed E-state index contributed by atoms with van der Waals surface area (Å²) in [5.74, 6) is -0.556. The molecule has 4 N–H and O–H groups in total. The average Bonchev–Trinajstić information content (AvgIpc) is 3.19. The second kappa shape index (κ2) is 11.4. The highest BCUT2D eigenvalue weighted by Crippen LogP contribution is 2.34. The molecule has 1 unspecified atom stereocenters. The zero-order valence-corrected chi connectivity index (χ0v) is 23.1. The minimum absolute atomic E-state index is 0.0586. The van der Waals surface area contributed by atoms with Crippen LogP contribution in [-0.2, 0) is 22.2 Å². The van der Waals surface area contributed by atoms with E-state index in [1.54, 1.807) is 31.2 Å². The van der Waals surface area contributed by atoms with E-state index in [-0.39, 0.29) is 29.4 Å². The van der Waals surface area contributed by atoms with Crippen molar-refractivity contribution in [3.63, 3.8) is 0 Å². The number of hydrogen-bond donors (Lipinski definition) is 4. The Morgan fingerprint density at radius 2 is 1.66 bits per heavy atom. The fourth-order valence-corrected chi connectivity index (χ4v) is 5.82. The smallest absolute Gasteiger partial charge is 0.382 e. The molecule has 4 aromatic rings. The third kappa shape index (κ3) is 6.47. The van der Waals surface area contributed by atoms with E-state index in [0.717, 1.165) is 41.8 Å². The molecule has 0 spiro atoms. The maximum atomic E-state index is 13.6. The van der Waals surface area contributed by atoms with Gasteiger partial charge >= 0.3 is 6.18 Å².